The van der Waals surface area contributed by atoms with Crippen LogP contribution < -0.4 is 5.32 Å². The smallest absolute Gasteiger partial charge is 0.230 e. The number of hydrogen-bond donors (Lipinski definition) is 1. The van der Waals surface area contributed by atoms with Gasteiger partial charge in [-0.15, -0.1) is 10.2 Å². The van der Waals surface area contributed by atoms with E-state index in [1.54, 1.807) is 19.2 Å². The second-order valence-electron chi connectivity index (χ2n) is 5.89. The van der Waals surface area contributed by atoms with Crippen molar-refractivity contribution in [1.82, 2.24) is 15.5 Å². The van der Waals surface area contributed by atoms with E-state index in [1.165, 1.54) is 23.9 Å². The Balaban J connectivity index is 1.77. The lowest BCUT2D eigenvalue weighted by molar-refractivity contribution is -0.118. The number of fused-ring (bicyclic) bond motifs is 1. The van der Waals surface area contributed by atoms with Gasteiger partial charge in [0, 0.05) is 36.6 Å². The number of benzene rings is 2. The molecule has 5 nitrogen and oxygen atoms in total. The zero-order chi connectivity index (χ0) is 19.1. The number of aromatic nitrogens is 2. The van der Waals surface area contributed by atoms with Crippen LogP contribution in [0.4, 0.5) is 4.39 Å². The molecule has 0 bridgehead atoms. The largest absolute Gasteiger partial charge is 0.385 e. The summed E-state index contributed by atoms with van der Waals surface area (Å²) < 4.78 is 18.2. The fourth-order valence-corrected chi connectivity index (χ4v) is 3.44. The van der Waals surface area contributed by atoms with Gasteiger partial charge in [0.15, 0.2) is 0 Å². The molecule has 0 aliphatic heterocycles. The van der Waals surface area contributed by atoms with Gasteiger partial charge in [-0.1, -0.05) is 36.0 Å². The molecule has 3 aromatic rings. The number of hydrogen-bond acceptors (Lipinski definition) is 5. The summed E-state index contributed by atoms with van der Waals surface area (Å²) >= 11 is 1.35. The summed E-state index contributed by atoms with van der Waals surface area (Å²) in [4.78, 5) is 12.0. The first-order valence-corrected chi connectivity index (χ1v) is 9.57. The van der Waals surface area contributed by atoms with Crippen LogP contribution in [-0.4, -0.2) is 42.1 Å². The van der Waals surface area contributed by atoms with E-state index in [-0.39, 0.29) is 17.5 Å². The maximum atomic E-state index is 13.2. The normalized spacial score (nSPS) is 10.9. The van der Waals surface area contributed by atoms with E-state index >= 15 is 0 Å². The summed E-state index contributed by atoms with van der Waals surface area (Å²) in [6, 6.07) is 13.9. The van der Waals surface area contributed by atoms with Crippen molar-refractivity contribution in [2.24, 2.45) is 0 Å². The number of carbonyl (C=O) groups is 1. The van der Waals surface area contributed by atoms with Crippen LogP contribution in [0.1, 0.15) is 6.42 Å². The molecular weight excluding hydrogens is 365 g/mol. The molecule has 27 heavy (non-hydrogen) atoms. The molecule has 1 N–H and O–H groups in total. The van der Waals surface area contributed by atoms with Crippen LogP contribution in [0.2, 0.25) is 0 Å². The van der Waals surface area contributed by atoms with E-state index in [0.29, 0.717) is 23.9 Å². The van der Waals surface area contributed by atoms with E-state index < -0.39 is 0 Å². The van der Waals surface area contributed by atoms with E-state index in [2.05, 4.69) is 15.5 Å². The van der Waals surface area contributed by atoms with Gasteiger partial charge in [0.25, 0.3) is 0 Å². The van der Waals surface area contributed by atoms with Gasteiger partial charge in [-0.25, -0.2) is 4.39 Å². The Hall–Kier alpha value is -2.51. The molecule has 0 aliphatic carbocycles. The Morgan fingerprint density at radius 2 is 1.85 bits per heavy atom. The van der Waals surface area contributed by atoms with Crippen LogP contribution in [0.25, 0.3) is 22.0 Å². The molecule has 0 aliphatic rings. The molecule has 0 spiro atoms. The van der Waals surface area contributed by atoms with Crippen LogP contribution in [0.3, 0.4) is 0 Å². The molecule has 1 heterocycles. The van der Waals surface area contributed by atoms with Gasteiger partial charge in [-0.2, -0.15) is 0 Å². The highest BCUT2D eigenvalue weighted by Gasteiger charge is 2.12. The van der Waals surface area contributed by atoms with Crippen molar-refractivity contribution < 1.29 is 13.9 Å². The summed E-state index contributed by atoms with van der Waals surface area (Å²) in [5, 5.41) is 14.0. The number of carbonyl (C=O) groups excluding carboxylic acids is 1. The third-order valence-corrected chi connectivity index (χ3v) is 4.94. The monoisotopic (exact) mass is 385 g/mol. The summed E-state index contributed by atoms with van der Waals surface area (Å²) in [5.41, 5.74) is 1.49. The fourth-order valence-electron chi connectivity index (χ4n) is 2.64. The number of nitrogens with one attached hydrogen (secondary N) is 1. The summed E-state index contributed by atoms with van der Waals surface area (Å²) in [7, 11) is 1.64. The van der Waals surface area contributed by atoms with Crippen molar-refractivity contribution in [3.05, 3.63) is 54.3 Å². The Morgan fingerprint density at radius 1 is 1.11 bits per heavy atom. The highest BCUT2D eigenvalue weighted by Crippen LogP contribution is 2.31. The van der Waals surface area contributed by atoms with Crippen molar-refractivity contribution in [3.8, 4) is 11.3 Å². The van der Waals surface area contributed by atoms with Crippen LogP contribution >= 0.6 is 11.8 Å². The highest BCUT2D eigenvalue weighted by atomic mass is 32.2. The van der Waals surface area contributed by atoms with Crippen LogP contribution in [0.5, 0.6) is 0 Å². The predicted octanol–water partition coefficient (Wildman–Crippen LogP) is 3.68. The van der Waals surface area contributed by atoms with Crippen molar-refractivity contribution in [2.45, 2.75) is 11.4 Å². The molecule has 1 aromatic heterocycles. The van der Waals surface area contributed by atoms with Crippen molar-refractivity contribution >= 4 is 28.4 Å². The van der Waals surface area contributed by atoms with Crippen LogP contribution in [-0.2, 0) is 9.53 Å². The first-order valence-electron chi connectivity index (χ1n) is 8.59. The van der Waals surface area contributed by atoms with Crippen LogP contribution in [0.15, 0.2) is 53.6 Å². The molecular formula is C20H20FN3O2S. The number of methoxy groups -OCH3 is 1. The average Bonchev–Trinajstić information content (AvgIpc) is 2.70. The maximum Gasteiger partial charge on any atom is 0.230 e. The number of amides is 1. The molecule has 1 amide bonds. The Bertz CT molecular complexity index is 919. The molecule has 0 fully saturated rings. The van der Waals surface area contributed by atoms with E-state index in [9.17, 15) is 9.18 Å². The number of halogens is 1. The maximum absolute atomic E-state index is 13.2. The van der Waals surface area contributed by atoms with Gasteiger partial charge in [0.2, 0.25) is 5.91 Å². The summed E-state index contributed by atoms with van der Waals surface area (Å²) in [6.07, 6.45) is 0.780. The van der Waals surface area contributed by atoms with E-state index in [4.69, 9.17) is 4.74 Å². The fraction of sp³-hybridized carbons (Fsp3) is 0.250. The molecule has 0 saturated heterocycles. The third kappa shape index (κ3) is 5.02. The molecule has 0 saturated carbocycles. The van der Waals surface area contributed by atoms with Gasteiger partial charge in [-0.05, 0) is 30.7 Å². The number of thioether (sulfide) groups is 1. The quantitative estimate of drug-likeness (QED) is 0.473. The second-order valence-corrected chi connectivity index (χ2v) is 6.86. The SMILES string of the molecule is COCCCNC(=O)CSc1nnc(-c2ccc(F)cc2)c2ccccc12. The Labute approximate surface area is 161 Å². The second kappa shape index (κ2) is 9.43. The average molecular weight is 385 g/mol. The first kappa shape index (κ1) is 19.3. The zero-order valence-corrected chi connectivity index (χ0v) is 15.8. The molecule has 3 rings (SSSR count). The molecule has 7 heteroatoms. The van der Waals surface area contributed by atoms with Gasteiger partial charge in [0.05, 0.1) is 5.75 Å². The predicted molar refractivity (Wildman–Crippen MR) is 105 cm³/mol. The van der Waals surface area contributed by atoms with Crippen molar-refractivity contribution in [1.29, 1.82) is 0 Å². The summed E-state index contributed by atoms with van der Waals surface area (Å²) in [6.45, 7) is 1.21. The highest BCUT2D eigenvalue weighted by molar-refractivity contribution is 8.00. The van der Waals surface area contributed by atoms with Gasteiger partial charge in [-0.3, -0.25) is 4.79 Å². The molecule has 140 valence electrons. The summed E-state index contributed by atoms with van der Waals surface area (Å²) in [5.74, 6) is -0.0778. The number of nitrogens with zero attached hydrogens (tertiary/aromatic N) is 2. The minimum Gasteiger partial charge on any atom is -0.385 e. The lowest BCUT2D eigenvalue weighted by atomic mass is 10.1. The minimum absolute atomic E-state index is 0.0513. The third-order valence-electron chi connectivity index (χ3n) is 3.96. The Morgan fingerprint density at radius 3 is 2.59 bits per heavy atom. The lowest BCUT2D eigenvalue weighted by Gasteiger charge is -2.09. The lowest BCUT2D eigenvalue weighted by Crippen LogP contribution is -2.26. The molecule has 0 atom stereocenters. The first-order chi connectivity index (χ1) is 13.2. The molecule has 0 radical (unpaired) electrons. The molecule has 2 aromatic carbocycles. The van der Waals surface area contributed by atoms with E-state index in [0.717, 1.165) is 22.8 Å². The Kier molecular flexibility index (Phi) is 6.73. The molecule has 0 unspecified atom stereocenters. The number of rotatable bonds is 8. The standard InChI is InChI=1S/C20H20FN3O2S/c1-26-12-4-11-22-18(25)13-27-20-17-6-3-2-5-16(17)19(23-24-20)14-7-9-15(21)10-8-14/h2-3,5-10H,4,11-13H2,1H3,(H,22,25). The van der Waals surface area contributed by atoms with Crippen molar-refractivity contribution in [3.63, 3.8) is 0 Å². The number of ether oxygens (including phenoxy) is 1. The van der Waals surface area contributed by atoms with Gasteiger partial charge in [0.1, 0.15) is 16.5 Å². The topological polar surface area (TPSA) is 64.1 Å². The van der Waals surface area contributed by atoms with Gasteiger partial charge >= 0.3 is 0 Å². The van der Waals surface area contributed by atoms with Gasteiger partial charge < -0.3 is 10.1 Å². The van der Waals surface area contributed by atoms with Crippen LogP contribution in [0, 0.1) is 5.82 Å². The van der Waals surface area contributed by atoms with Crippen molar-refractivity contribution in [2.75, 3.05) is 26.0 Å². The zero-order valence-electron chi connectivity index (χ0n) is 14.9. The minimum atomic E-state index is -0.292. The van der Waals surface area contributed by atoms with E-state index in [1.807, 2.05) is 24.3 Å².